The van der Waals surface area contributed by atoms with Crippen LogP contribution >= 0.6 is 11.8 Å². The van der Waals surface area contributed by atoms with Crippen molar-refractivity contribution in [3.63, 3.8) is 0 Å². The van der Waals surface area contributed by atoms with Gasteiger partial charge < -0.3 is 20.6 Å². The first kappa shape index (κ1) is 26.0. The number of anilines is 1. The lowest BCUT2D eigenvalue weighted by atomic mass is 9.66. The summed E-state index contributed by atoms with van der Waals surface area (Å²) in [6.07, 6.45) is 4.54. The van der Waals surface area contributed by atoms with Crippen LogP contribution in [-0.4, -0.2) is 63.0 Å². The molecule has 2 unspecified atom stereocenters. The summed E-state index contributed by atoms with van der Waals surface area (Å²) in [7, 11) is 0. The average molecular weight is 524 g/mol. The first-order valence-corrected chi connectivity index (χ1v) is 14.3. The third kappa shape index (κ3) is 4.42. The summed E-state index contributed by atoms with van der Waals surface area (Å²) in [6.45, 7) is 5.26. The predicted octanol–water partition coefficient (Wildman–Crippen LogP) is 3.95. The molecule has 7 nitrogen and oxygen atoms in total. The Labute approximate surface area is 222 Å². The number of hydrogen-bond donors (Lipinski definition) is 3. The fraction of sp³-hybridized carbons (Fsp3) is 0.552. The number of nitrogens with zero attached hydrogens (tertiary/aromatic N) is 1. The lowest BCUT2D eigenvalue weighted by Gasteiger charge is -2.34. The zero-order chi connectivity index (χ0) is 26.2. The third-order valence-corrected chi connectivity index (χ3v) is 10.4. The number of likely N-dealkylation sites (tertiary alicyclic amines) is 1. The Morgan fingerprint density at radius 2 is 1.86 bits per heavy atom. The normalized spacial score (nSPS) is 30.1. The van der Waals surface area contributed by atoms with Crippen molar-refractivity contribution in [1.29, 1.82) is 0 Å². The molecule has 2 bridgehead atoms. The minimum Gasteiger partial charge on any atom is -0.396 e. The monoisotopic (exact) mass is 523 g/mol. The van der Waals surface area contributed by atoms with Crippen molar-refractivity contribution >= 4 is 45.9 Å². The summed E-state index contributed by atoms with van der Waals surface area (Å²) < 4.78 is -0.972. The number of benzene rings is 2. The Bertz CT molecular complexity index is 1200. The van der Waals surface area contributed by atoms with Crippen molar-refractivity contribution in [3.05, 3.63) is 42.5 Å². The van der Waals surface area contributed by atoms with Gasteiger partial charge in [0.05, 0.1) is 16.6 Å². The Morgan fingerprint density at radius 1 is 1.08 bits per heavy atom. The van der Waals surface area contributed by atoms with Crippen molar-refractivity contribution in [2.24, 2.45) is 11.8 Å². The fourth-order valence-electron chi connectivity index (χ4n) is 6.77. The van der Waals surface area contributed by atoms with Crippen LogP contribution in [-0.2, 0) is 14.4 Å². The van der Waals surface area contributed by atoms with E-state index in [9.17, 15) is 19.5 Å². The van der Waals surface area contributed by atoms with E-state index in [0.717, 1.165) is 36.5 Å². The van der Waals surface area contributed by atoms with Crippen LogP contribution in [0, 0.1) is 11.8 Å². The van der Waals surface area contributed by atoms with Crippen LogP contribution in [0.5, 0.6) is 0 Å². The van der Waals surface area contributed by atoms with Gasteiger partial charge in [-0.1, -0.05) is 37.3 Å². The summed E-state index contributed by atoms with van der Waals surface area (Å²) in [4.78, 5) is 43.1. The van der Waals surface area contributed by atoms with Crippen LogP contribution in [0.15, 0.2) is 42.5 Å². The highest BCUT2D eigenvalue weighted by Gasteiger charge is 2.76. The average Bonchev–Trinajstić information content (AvgIpc) is 3.45. The van der Waals surface area contributed by atoms with E-state index in [4.69, 9.17) is 0 Å². The van der Waals surface area contributed by atoms with Gasteiger partial charge in [-0.2, -0.15) is 0 Å². The van der Waals surface area contributed by atoms with E-state index in [1.54, 1.807) is 16.7 Å². The maximum Gasteiger partial charge on any atom is 0.248 e. The molecular weight excluding hydrogens is 486 g/mol. The zero-order valence-corrected chi connectivity index (χ0v) is 22.5. The highest BCUT2D eigenvalue weighted by Crippen LogP contribution is 2.71. The third-order valence-electron chi connectivity index (χ3n) is 8.43. The van der Waals surface area contributed by atoms with Crippen LogP contribution in [0.4, 0.5) is 5.69 Å². The number of aliphatic hydroxyl groups is 1. The van der Waals surface area contributed by atoms with E-state index < -0.39 is 22.6 Å². The predicted molar refractivity (Wildman–Crippen MR) is 147 cm³/mol. The molecule has 0 aliphatic carbocycles. The summed E-state index contributed by atoms with van der Waals surface area (Å²) in [6, 6.07) is 13.2. The molecule has 3 saturated heterocycles. The molecule has 3 aliphatic heterocycles. The number of rotatable bonds is 10. The largest absolute Gasteiger partial charge is 0.396 e. The standard InChI is InChI=1S/C29H37N3O4S/c1-3-15-30-25(34)22-23-27(36)32(16-7-4-8-17-33)24(29(23)14-13-28(22,2)37-29)26(35)31-21-12-11-19-9-5-6-10-20(19)18-21/h5-6,9-12,18,22-24,33H,3-4,7-8,13-17H2,1-2H3,(H,30,34)(H,31,35)/t22-,23-,24?,28+,29?/m0/s1. The lowest BCUT2D eigenvalue weighted by molar-refractivity contribution is -0.140. The summed E-state index contributed by atoms with van der Waals surface area (Å²) in [5, 5.41) is 17.5. The molecule has 8 heteroatoms. The van der Waals surface area contributed by atoms with E-state index in [2.05, 4.69) is 17.6 Å². The molecule has 0 aromatic heterocycles. The van der Waals surface area contributed by atoms with Gasteiger partial charge in [-0.05, 0) is 68.4 Å². The molecule has 3 aliphatic rings. The summed E-state index contributed by atoms with van der Waals surface area (Å²) >= 11 is 1.70. The molecule has 5 atom stereocenters. The molecule has 198 valence electrons. The van der Waals surface area contributed by atoms with Crippen LogP contribution < -0.4 is 10.6 Å². The molecule has 3 fully saturated rings. The maximum atomic E-state index is 14.0. The second kappa shape index (κ2) is 10.3. The number of aliphatic hydroxyl groups excluding tert-OH is 1. The van der Waals surface area contributed by atoms with E-state index in [0.29, 0.717) is 31.6 Å². The van der Waals surface area contributed by atoms with Crippen molar-refractivity contribution in [3.8, 4) is 0 Å². The number of carbonyl (C=O) groups is 3. The minimum absolute atomic E-state index is 0.0624. The van der Waals surface area contributed by atoms with E-state index in [-0.39, 0.29) is 29.1 Å². The molecule has 1 spiro atoms. The quantitative estimate of drug-likeness (QED) is 0.410. The highest BCUT2D eigenvalue weighted by molar-refractivity contribution is 8.02. The van der Waals surface area contributed by atoms with Crippen LogP contribution in [0.2, 0.25) is 0 Å². The number of carbonyl (C=O) groups excluding carboxylic acids is 3. The van der Waals surface area contributed by atoms with E-state index in [1.165, 1.54) is 0 Å². The van der Waals surface area contributed by atoms with Gasteiger partial charge in [-0.25, -0.2) is 0 Å². The molecular formula is C29H37N3O4S. The molecule has 3 N–H and O–H groups in total. The number of nitrogens with one attached hydrogen (secondary N) is 2. The smallest absolute Gasteiger partial charge is 0.248 e. The number of fused-ring (bicyclic) bond motifs is 2. The zero-order valence-electron chi connectivity index (χ0n) is 21.7. The Morgan fingerprint density at radius 3 is 2.62 bits per heavy atom. The maximum absolute atomic E-state index is 14.0. The van der Waals surface area contributed by atoms with Gasteiger partial charge in [-0.15, -0.1) is 11.8 Å². The second-order valence-corrected chi connectivity index (χ2v) is 12.8. The molecule has 37 heavy (non-hydrogen) atoms. The van der Waals surface area contributed by atoms with Crippen molar-refractivity contribution < 1.29 is 19.5 Å². The van der Waals surface area contributed by atoms with E-state index >= 15 is 0 Å². The van der Waals surface area contributed by atoms with Crippen LogP contribution in [0.1, 0.15) is 52.4 Å². The topological polar surface area (TPSA) is 98.7 Å². The van der Waals surface area contributed by atoms with Crippen molar-refractivity contribution in [2.75, 3.05) is 25.0 Å². The molecule has 5 rings (SSSR count). The fourth-order valence-corrected chi connectivity index (χ4v) is 9.13. The Kier molecular flexibility index (Phi) is 7.24. The van der Waals surface area contributed by atoms with Crippen LogP contribution in [0.25, 0.3) is 10.8 Å². The molecule has 3 heterocycles. The van der Waals surface area contributed by atoms with Gasteiger partial charge in [0.2, 0.25) is 17.7 Å². The van der Waals surface area contributed by atoms with Gasteiger partial charge in [-0.3, -0.25) is 14.4 Å². The molecule has 0 radical (unpaired) electrons. The number of thioether (sulfide) groups is 1. The number of amides is 3. The molecule has 3 amide bonds. The SMILES string of the molecule is CCCNC(=O)[C@@H]1[C@H]2C(=O)N(CCCCCO)C(C(=O)Nc3ccc4ccccc4c3)C23CC[C@@]1(C)S3. The number of hydrogen-bond acceptors (Lipinski definition) is 5. The first-order chi connectivity index (χ1) is 17.8. The second-order valence-electron chi connectivity index (χ2n) is 10.9. The lowest BCUT2D eigenvalue weighted by Crippen LogP contribution is -2.52. The first-order valence-electron chi connectivity index (χ1n) is 13.5. The van der Waals surface area contributed by atoms with Gasteiger partial charge in [0.25, 0.3) is 0 Å². The molecule has 0 saturated carbocycles. The number of unbranched alkanes of at least 4 members (excludes halogenated alkanes) is 2. The van der Waals surface area contributed by atoms with Gasteiger partial charge in [0.1, 0.15) is 6.04 Å². The Hall–Kier alpha value is -2.58. The van der Waals surface area contributed by atoms with Crippen molar-refractivity contribution in [2.45, 2.75) is 67.9 Å². The van der Waals surface area contributed by atoms with E-state index in [1.807, 2.05) is 49.4 Å². The molecule has 2 aromatic rings. The highest BCUT2D eigenvalue weighted by atomic mass is 32.2. The van der Waals surface area contributed by atoms with Gasteiger partial charge in [0, 0.05) is 30.1 Å². The van der Waals surface area contributed by atoms with Crippen molar-refractivity contribution in [1.82, 2.24) is 10.2 Å². The van der Waals surface area contributed by atoms with Gasteiger partial charge >= 0.3 is 0 Å². The molecule has 2 aromatic carbocycles. The summed E-state index contributed by atoms with van der Waals surface area (Å²) in [5.74, 6) is -1.26. The minimum atomic E-state index is -0.638. The van der Waals surface area contributed by atoms with Crippen LogP contribution in [0.3, 0.4) is 0 Å². The van der Waals surface area contributed by atoms with Gasteiger partial charge in [0.15, 0.2) is 0 Å². The summed E-state index contributed by atoms with van der Waals surface area (Å²) in [5.41, 5.74) is 0.706. The Balaban J connectivity index is 1.47.